The van der Waals surface area contributed by atoms with E-state index in [0.29, 0.717) is 0 Å². The summed E-state index contributed by atoms with van der Waals surface area (Å²) in [5, 5.41) is 7.85. The lowest BCUT2D eigenvalue weighted by Gasteiger charge is -2.08. The molecule has 0 spiro atoms. The van der Waals surface area contributed by atoms with Gasteiger partial charge in [0.2, 0.25) is 0 Å². The first-order chi connectivity index (χ1) is 4.95. The van der Waals surface area contributed by atoms with Gasteiger partial charge in [0, 0.05) is 19.1 Å². The average molecular weight is 139 g/mol. The van der Waals surface area contributed by atoms with Gasteiger partial charge in [0.25, 0.3) is 0 Å². The molecule has 2 heteroatoms. The average Bonchev–Trinajstić information content (AvgIpc) is 2.63. The van der Waals surface area contributed by atoms with Crippen molar-refractivity contribution in [3.63, 3.8) is 0 Å². The van der Waals surface area contributed by atoms with Gasteiger partial charge in [0.1, 0.15) is 0 Å². The van der Waals surface area contributed by atoms with Gasteiger partial charge in [0.15, 0.2) is 0 Å². The van der Waals surface area contributed by atoms with Crippen molar-refractivity contribution in [1.82, 2.24) is 10.6 Å². The van der Waals surface area contributed by atoms with Gasteiger partial charge in [-0.1, -0.05) is 0 Å². The van der Waals surface area contributed by atoms with Gasteiger partial charge in [-0.3, -0.25) is 0 Å². The van der Waals surface area contributed by atoms with Crippen LogP contribution in [-0.2, 0) is 0 Å². The number of nitrogens with zero attached hydrogens (tertiary/aromatic N) is 1. The van der Waals surface area contributed by atoms with E-state index in [9.17, 15) is 0 Å². The molecule has 2 nitrogen and oxygen atoms in total. The summed E-state index contributed by atoms with van der Waals surface area (Å²) in [4.78, 5) is 0. The zero-order chi connectivity index (χ0) is 6.81. The lowest BCUT2D eigenvalue weighted by molar-refractivity contribution is 0.526. The standard InChI is InChI=1S/C8H15N2/c1-2-7(1)5-10-8-3-4-9-6-8/h7-8,10H,1-6H2. The molecule has 57 valence electrons. The van der Waals surface area contributed by atoms with Gasteiger partial charge in [-0.05, 0) is 31.7 Å². The highest BCUT2D eigenvalue weighted by Crippen LogP contribution is 2.27. The van der Waals surface area contributed by atoms with Crippen LogP contribution in [0.5, 0.6) is 0 Å². The molecule has 10 heavy (non-hydrogen) atoms. The van der Waals surface area contributed by atoms with E-state index in [1.54, 1.807) is 0 Å². The smallest absolute Gasteiger partial charge is 0.0288 e. The van der Waals surface area contributed by atoms with Gasteiger partial charge in [-0.2, -0.15) is 0 Å². The van der Waals surface area contributed by atoms with Crippen molar-refractivity contribution >= 4 is 0 Å². The Kier molecular flexibility index (Phi) is 1.91. The maximum atomic E-state index is 4.30. The van der Waals surface area contributed by atoms with Gasteiger partial charge in [-0.25, -0.2) is 5.32 Å². The molecule has 1 heterocycles. The van der Waals surface area contributed by atoms with E-state index in [-0.39, 0.29) is 0 Å². The molecule has 2 rings (SSSR count). The van der Waals surface area contributed by atoms with Gasteiger partial charge < -0.3 is 5.32 Å². The van der Waals surface area contributed by atoms with E-state index in [1.807, 2.05) is 0 Å². The first kappa shape index (κ1) is 6.62. The molecule has 1 unspecified atom stereocenters. The zero-order valence-corrected chi connectivity index (χ0v) is 6.34. The van der Waals surface area contributed by atoms with E-state index in [1.165, 1.54) is 25.8 Å². The lowest BCUT2D eigenvalue weighted by Crippen LogP contribution is -2.31. The first-order valence-electron chi connectivity index (χ1n) is 4.32. The molecule has 0 aromatic rings. The van der Waals surface area contributed by atoms with Crippen molar-refractivity contribution in [3.8, 4) is 0 Å². The Labute approximate surface area is 62.4 Å². The maximum Gasteiger partial charge on any atom is 0.0288 e. The largest absolute Gasteiger partial charge is 0.312 e. The van der Waals surface area contributed by atoms with Gasteiger partial charge >= 0.3 is 0 Å². The molecular formula is C8H15N2. The molecule has 1 atom stereocenters. The Bertz CT molecular complexity index is 104. The molecule has 0 aromatic carbocycles. The fraction of sp³-hybridized carbons (Fsp3) is 1.00. The predicted molar refractivity (Wildman–Crippen MR) is 41.0 cm³/mol. The zero-order valence-electron chi connectivity index (χ0n) is 6.34. The fourth-order valence-electron chi connectivity index (χ4n) is 1.41. The minimum Gasteiger partial charge on any atom is -0.312 e. The lowest BCUT2D eigenvalue weighted by atomic mass is 10.2. The maximum absolute atomic E-state index is 4.30. The summed E-state index contributed by atoms with van der Waals surface area (Å²) in [6, 6.07) is 0.723. The van der Waals surface area contributed by atoms with Gasteiger partial charge in [-0.15, -0.1) is 0 Å². The first-order valence-corrected chi connectivity index (χ1v) is 4.32. The highest BCUT2D eigenvalue weighted by atomic mass is 15.0. The normalized spacial score (nSPS) is 33.0. The van der Waals surface area contributed by atoms with Crippen LogP contribution in [0.25, 0.3) is 0 Å². The summed E-state index contributed by atoms with van der Waals surface area (Å²) in [6.45, 7) is 3.40. The number of hydrogen-bond donors (Lipinski definition) is 1. The summed E-state index contributed by atoms with van der Waals surface area (Å²) in [5.74, 6) is 1.01. The van der Waals surface area contributed by atoms with Crippen LogP contribution in [-0.4, -0.2) is 25.7 Å². The molecular weight excluding hydrogens is 124 g/mol. The molecule has 2 fully saturated rings. The van der Waals surface area contributed by atoms with Crippen LogP contribution in [0, 0.1) is 5.92 Å². The molecule has 0 bridgehead atoms. The Balaban J connectivity index is 1.59. The van der Waals surface area contributed by atoms with Crippen LogP contribution in [0.1, 0.15) is 19.3 Å². The van der Waals surface area contributed by atoms with Crippen molar-refractivity contribution in [2.75, 3.05) is 19.6 Å². The summed E-state index contributed by atoms with van der Waals surface area (Å²) < 4.78 is 0. The number of nitrogens with one attached hydrogen (secondary N) is 1. The van der Waals surface area contributed by atoms with Crippen LogP contribution in [0.2, 0.25) is 0 Å². The fourth-order valence-corrected chi connectivity index (χ4v) is 1.41. The number of rotatable bonds is 3. The molecule has 1 aliphatic heterocycles. The molecule has 1 radical (unpaired) electrons. The third-order valence-electron chi connectivity index (χ3n) is 2.38. The van der Waals surface area contributed by atoms with Crippen molar-refractivity contribution in [2.24, 2.45) is 5.92 Å². The Hall–Kier alpha value is -0.0800. The van der Waals surface area contributed by atoms with Crippen molar-refractivity contribution in [1.29, 1.82) is 0 Å². The minimum absolute atomic E-state index is 0.723. The van der Waals surface area contributed by atoms with E-state index < -0.39 is 0 Å². The van der Waals surface area contributed by atoms with E-state index in [4.69, 9.17) is 0 Å². The predicted octanol–water partition coefficient (Wildman–Crippen LogP) is 0.363. The Morgan fingerprint density at radius 1 is 1.30 bits per heavy atom. The monoisotopic (exact) mass is 139 g/mol. The quantitative estimate of drug-likeness (QED) is 0.600. The van der Waals surface area contributed by atoms with Crippen LogP contribution >= 0.6 is 0 Å². The molecule has 0 amide bonds. The molecule has 1 saturated carbocycles. The second-order valence-corrected chi connectivity index (χ2v) is 3.47. The van der Waals surface area contributed by atoms with Crippen LogP contribution in [0.4, 0.5) is 0 Å². The van der Waals surface area contributed by atoms with Crippen LogP contribution in [0.3, 0.4) is 0 Å². The van der Waals surface area contributed by atoms with Crippen molar-refractivity contribution in [2.45, 2.75) is 25.3 Å². The SMILES string of the molecule is C1CC(NCC2CC2)C[N]1. The minimum atomic E-state index is 0.723. The molecule has 1 aliphatic carbocycles. The van der Waals surface area contributed by atoms with Crippen LogP contribution < -0.4 is 10.6 Å². The Morgan fingerprint density at radius 2 is 2.20 bits per heavy atom. The summed E-state index contributed by atoms with van der Waals surface area (Å²) >= 11 is 0. The summed E-state index contributed by atoms with van der Waals surface area (Å²) in [6.07, 6.45) is 4.18. The molecule has 1 N–H and O–H groups in total. The molecule has 0 aromatic heterocycles. The summed E-state index contributed by atoms with van der Waals surface area (Å²) in [5.41, 5.74) is 0. The Morgan fingerprint density at radius 3 is 2.80 bits per heavy atom. The van der Waals surface area contributed by atoms with Crippen molar-refractivity contribution < 1.29 is 0 Å². The third kappa shape index (κ3) is 1.70. The van der Waals surface area contributed by atoms with E-state index in [2.05, 4.69) is 10.6 Å². The number of hydrogen-bond acceptors (Lipinski definition) is 1. The highest BCUT2D eigenvalue weighted by molar-refractivity contribution is 4.81. The molecule has 1 saturated heterocycles. The van der Waals surface area contributed by atoms with Crippen LogP contribution in [0.15, 0.2) is 0 Å². The van der Waals surface area contributed by atoms with Gasteiger partial charge in [0.05, 0.1) is 0 Å². The topological polar surface area (TPSA) is 26.1 Å². The second-order valence-electron chi connectivity index (χ2n) is 3.47. The van der Waals surface area contributed by atoms with E-state index >= 15 is 0 Å². The van der Waals surface area contributed by atoms with Crippen molar-refractivity contribution in [3.05, 3.63) is 0 Å². The third-order valence-corrected chi connectivity index (χ3v) is 2.38. The summed E-state index contributed by atoms with van der Waals surface area (Å²) in [7, 11) is 0. The highest BCUT2D eigenvalue weighted by Gasteiger charge is 2.23. The second kappa shape index (κ2) is 2.89. The molecule has 2 aliphatic rings. The van der Waals surface area contributed by atoms with E-state index in [0.717, 1.165) is 25.0 Å².